The molecule has 21 heavy (non-hydrogen) atoms. The van der Waals surface area contributed by atoms with E-state index < -0.39 is 16.8 Å². The zero-order chi connectivity index (χ0) is 15.4. The Morgan fingerprint density at radius 3 is 2.90 bits per heavy atom. The van der Waals surface area contributed by atoms with Gasteiger partial charge in [-0.15, -0.1) is 0 Å². The molecule has 2 aromatic rings. The van der Waals surface area contributed by atoms with Gasteiger partial charge in [-0.25, -0.2) is 14.5 Å². The normalized spacial score (nSPS) is 12.3. The second-order valence-electron chi connectivity index (χ2n) is 4.34. The molecule has 0 spiro atoms. The first-order chi connectivity index (χ1) is 10.0. The fourth-order valence-electron chi connectivity index (χ4n) is 1.81. The minimum absolute atomic E-state index is 0.0934. The number of benzene rings is 1. The molecule has 1 aromatic heterocycles. The third-order valence-electron chi connectivity index (χ3n) is 2.82. The van der Waals surface area contributed by atoms with Crippen molar-refractivity contribution in [3.05, 3.63) is 40.4 Å². The summed E-state index contributed by atoms with van der Waals surface area (Å²) in [5, 5.41) is 13.2. The van der Waals surface area contributed by atoms with Crippen LogP contribution in [-0.2, 0) is 23.1 Å². The summed E-state index contributed by atoms with van der Waals surface area (Å²) in [4.78, 5) is 15.7. The highest BCUT2D eigenvalue weighted by molar-refractivity contribution is 9.10. The Hall–Kier alpha value is -1.54. The molecule has 1 aromatic carbocycles. The van der Waals surface area contributed by atoms with Crippen LogP contribution in [0.5, 0.6) is 0 Å². The van der Waals surface area contributed by atoms with Gasteiger partial charge in [-0.1, -0.05) is 6.92 Å². The van der Waals surface area contributed by atoms with Crippen LogP contribution < -0.4 is 0 Å². The lowest BCUT2D eigenvalue weighted by Gasteiger charge is -2.06. The molecule has 0 aliphatic rings. The number of carboxylic acid groups (broad SMARTS) is 1. The molecule has 0 radical (unpaired) electrons. The van der Waals surface area contributed by atoms with Gasteiger partial charge in [0.15, 0.2) is 0 Å². The van der Waals surface area contributed by atoms with E-state index in [1.165, 1.54) is 12.4 Å². The maximum Gasteiger partial charge on any atom is 0.336 e. The first-order valence-electron chi connectivity index (χ1n) is 6.30. The third-order valence-corrected chi connectivity index (χ3v) is 4.81. The number of aryl methyl sites for hydroxylation is 1. The van der Waals surface area contributed by atoms with E-state index in [1.54, 1.807) is 16.8 Å². The molecule has 6 nitrogen and oxygen atoms in total. The SMILES string of the molecule is CCCn1ncnc1CS(=O)c1ccc(Br)c(C(=O)O)c1. The minimum atomic E-state index is -1.37. The number of nitrogens with zero attached hydrogens (tertiary/aromatic N) is 3. The van der Waals surface area contributed by atoms with E-state index >= 15 is 0 Å². The van der Waals surface area contributed by atoms with Gasteiger partial charge in [0.2, 0.25) is 0 Å². The number of hydrogen-bond donors (Lipinski definition) is 1. The number of carbonyl (C=O) groups is 1. The Balaban J connectivity index is 2.22. The van der Waals surface area contributed by atoms with Crippen LogP contribution in [0.15, 0.2) is 33.9 Å². The molecule has 1 atom stereocenters. The summed E-state index contributed by atoms with van der Waals surface area (Å²) < 4.78 is 14.6. The summed E-state index contributed by atoms with van der Waals surface area (Å²) in [6.07, 6.45) is 2.34. The van der Waals surface area contributed by atoms with Gasteiger partial charge < -0.3 is 5.11 Å². The Morgan fingerprint density at radius 2 is 2.24 bits per heavy atom. The van der Waals surface area contributed by atoms with Crippen molar-refractivity contribution < 1.29 is 14.1 Å². The second kappa shape index (κ2) is 6.95. The average Bonchev–Trinajstić information content (AvgIpc) is 2.86. The number of hydrogen-bond acceptors (Lipinski definition) is 4. The monoisotopic (exact) mass is 371 g/mol. The predicted octanol–water partition coefficient (Wildman–Crippen LogP) is 2.46. The average molecular weight is 372 g/mol. The molecule has 1 unspecified atom stereocenters. The first kappa shape index (κ1) is 15.8. The van der Waals surface area contributed by atoms with Crippen molar-refractivity contribution >= 4 is 32.7 Å². The predicted molar refractivity (Wildman–Crippen MR) is 81.5 cm³/mol. The Morgan fingerprint density at radius 1 is 1.48 bits per heavy atom. The van der Waals surface area contributed by atoms with E-state index in [0.717, 1.165) is 6.42 Å². The Labute approximate surface area is 132 Å². The maximum atomic E-state index is 12.4. The fourth-order valence-corrected chi connectivity index (χ4v) is 3.32. The van der Waals surface area contributed by atoms with Crippen LogP contribution in [0.25, 0.3) is 0 Å². The standard InChI is InChI=1S/C13H14BrN3O3S/c1-2-5-17-12(15-8-16-17)7-21(20)9-3-4-11(14)10(6-9)13(18)19/h3-4,6,8H,2,5,7H2,1H3,(H,18,19). The van der Waals surface area contributed by atoms with Crippen molar-refractivity contribution in [3.8, 4) is 0 Å². The van der Waals surface area contributed by atoms with Gasteiger partial charge >= 0.3 is 5.97 Å². The van der Waals surface area contributed by atoms with Crippen molar-refractivity contribution in [2.45, 2.75) is 30.5 Å². The maximum absolute atomic E-state index is 12.4. The van der Waals surface area contributed by atoms with Crippen LogP contribution in [0.2, 0.25) is 0 Å². The van der Waals surface area contributed by atoms with Crippen molar-refractivity contribution in [1.29, 1.82) is 0 Å². The van der Waals surface area contributed by atoms with E-state index in [2.05, 4.69) is 26.0 Å². The van der Waals surface area contributed by atoms with Crippen molar-refractivity contribution in [3.63, 3.8) is 0 Å². The first-order valence-corrected chi connectivity index (χ1v) is 8.42. The van der Waals surface area contributed by atoms with Crippen LogP contribution in [0.4, 0.5) is 0 Å². The summed E-state index contributed by atoms with van der Waals surface area (Å²) in [6.45, 7) is 2.74. The van der Waals surface area contributed by atoms with Crippen molar-refractivity contribution in [1.82, 2.24) is 14.8 Å². The smallest absolute Gasteiger partial charge is 0.336 e. The van der Waals surface area contributed by atoms with Gasteiger partial charge in [0.25, 0.3) is 0 Å². The van der Waals surface area contributed by atoms with Gasteiger partial charge in [-0.3, -0.25) is 4.21 Å². The number of aromatic carboxylic acids is 1. The van der Waals surface area contributed by atoms with Crippen molar-refractivity contribution in [2.24, 2.45) is 0 Å². The van der Waals surface area contributed by atoms with Crippen LogP contribution in [0, 0.1) is 0 Å². The van der Waals surface area contributed by atoms with Gasteiger partial charge in [0.05, 0.1) is 22.1 Å². The summed E-state index contributed by atoms with van der Waals surface area (Å²) >= 11 is 3.17. The second-order valence-corrected chi connectivity index (χ2v) is 6.64. The minimum Gasteiger partial charge on any atom is -0.478 e. The Bertz CT molecular complexity index is 687. The van der Waals surface area contributed by atoms with Gasteiger partial charge in [0, 0.05) is 15.9 Å². The third kappa shape index (κ3) is 3.76. The molecule has 0 saturated heterocycles. The number of rotatable bonds is 6. The van der Waals surface area contributed by atoms with Crippen LogP contribution in [0.3, 0.4) is 0 Å². The summed E-state index contributed by atoms with van der Waals surface area (Å²) in [5.74, 6) is -0.217. The molecule has 2 rings (SSSR count). The molecular weight excluding hydrogens is 358 g/mol. The number of carboxylic acids is 1. The number of aromatic nitrogens is 3. The molecule has 0 amide bonds. The van der Waals surface area contributed by atoms with E-state index in [1.807, 2.05) is 6.92 Å². The van der Waals surface area contributed by atoms with Crippen molar-refractivity contribution in [2.75, 3.05) is 0 Å². The lowest BCUT2D eigenvalue weighted by atomic mass is 10.2. The molecule has 0 bridgehead atoms. The van der Waals surface area contributed by atoms with E-state index in [-0.39, 0.29) is 11.3 Å². The van der Waals surface area contributed by atoms with Gasteiger partial charge in [0.1, 0.15) is 12.2 Å². The molecule has 8 heteroatoms. The molecule has 0 saturated carbocycles. The Kier molecular flexibility index (Phi) is 5.24. The summed E-state index contributed by atoms with van der Waals surface area (Å²) in [6, 6.07) is 4.66. The van der Waals surface area contributed by atoms with Gasteiger partial charge in [-0.05, 0) is 40.5 Å². The molecule has 0 fully saturated rings. The number of halogens is 1. The molecule has 112 valence electrons. The topological polar surface area (TPSA) is 85.1 Å². The summed E-state index contributed by atoms with van der Waals surface area (Å²) in [7, 11) is -1.37. The quantitative estimate of drug-likeness (QED) is 0.842. The molecule has 1 N–H and O–H groups in total. The van der Waals surface area contributed by atoms with Gasteiger partial charge in [-0.2, -0.15) is 5.10 Å². The lowest BCUT2D eigenvalue weighted by Crippen LogP contribution is -2.09. The van der Waals surface area contributed by atoms with E-state index in [0.29, 0.717) is 21.7 Å². The zero-order valence-corrected chi connectivity index (χ0v) is 13.7. The molecule has 1 heterocycles. The highest BCUT2D eigenvalue weighted by Gasteiger charge is 2.15. The van der Waals surface area contributed by atoms with E-state index in [9.17, 15) is 9.00 Å². The largest absolute Gasteiger partial charge is 0.478 e. The summed E-state index contributed by atoms with van der Waals surface area (Å²) in [5.41, 5.74) is 0.0934. The zero-order valence-electron chi connectivity index (χ0n) is 11.3. The molecule has 0 aliphatic carbocycles. The molecular formula is C13H14BrN3O3S. The highest BCUT2D eigenvalue weighted by Crippen LogP contribution is 2.21. The fraction of sp³-hybridized carbons (Fsp3) is 0.308. The lowest BCUT2D eigenvalue weighted by molar-refractivity contribution is 0.0695. The molecule has 0 aliphatic heterocycles. The van der Waals surface area contributed by atoms with Crippen LogP contribution >= 0.6 is 15.9 Å². The van der Waals surface area contributed by atoms with Crippen LogP contribution in [0.1, 0.15) is 29.5 Å². The van der Waals surface area contributed by atoms with Crippen LogP contribution in [-0.4, -0.2) is 30.0 Å². The van der Waals surface area contributed by atoms with E-state index in [4.69, 9.17) is 5.11 Å². The highest BCUT2D eigenvalue weighted by atomic mass is 79.9.